The summed E-state index contributed by atoms with van der Waals surface area (Å²) in [4.78, 5) is 24.9. The Labute approximate surface area is 194 Å². The topological polar surface area (TPSA) is 93.1 Å². The van der Waals surface area contributed by atoms with Gasteiger partial charge in [-0.25, -0.2) is 4.79 Å². The van der Waals surface area contributed by atoms with Crippen molar-refractivity contribution in [3.63, 3.8) is 0 Å². The molecule has 2 N–H and O–H groups in total. The molecule has 6 heteroatoms. The summed E-state index contributed by atoms with van der Waals surface area (Å²) in [6.07, 6.45) is 18.3. The first-order chi connectivity index (χ1) is 15.1. The van der Waals surface area contributed by atoms with Gasteiger partial charge in [-0.05, 0) is 52.5 Å². The predicted molar refractivity (Wildman–Crippen MR) is 126 cm³/mol. The normalized spacial score (nSPS) is 21.2. The number of cyclic esters (lactones) is 1. The largest absolute Gasteiger partial charge is 0.458 e. The number of rotatable bonds is 15. The Balaban J connectivity index is 2.44. The molecule has 0 aliphatic carbocycles. The number of esters is 2. The van der Waals surface area contributed by atoms with Crippen LogP contribution in [0.25, 0.3) is 0 Å². The van der Waals surface area contributed by atoms with E-state index in [1.807, 2.05) is 12.2 Å². The number of allylic oxidation sites excluding steroid dienone is 3. The van der Waals surface area contributed by atoms with Crippen molar-refractivity contribution in [2.45, 2.75) is 116 Å². The van der Waals surface area contributed by atoms with Gasteiger partial charge in [0.25, 0.3) is 0 Å². The van der Waals surface area contributed by atoms with Gasteiger partial charge in [0.2, 0.25) is 0 Å². The van der Waals surface area contributed by atoms with Gasteiger partial charge in [-0.3, -0.25) is 4.79 Å². The van der Waals surface area contributed by atoms with Crippen LogP contribution in [-0.4, -0.2) is 46.1 Å². The number of hydrogen-bond donors (Lipinski definition) is 2. The smallest absolute Gasteiger partial charge is 0.339 e. The van der Waals surface area contributed by atoms with Crippen molar-refractivity contribution in [1.29, 1.82) is 0 Å². The molecule has 1 aliphatic heterocycles. The van der Waals surface area contributed by atoms with Crippen LogP contribution in [-0.2, 0) is 19.1 Å². The summed E-state index contributed by atoms with van der Waals surface area (Å²) in [6, 6.07) is 0. The van der Waals surface area contributed by atoms with Gasteiger partial charge >= 0.3 is 11.9 Å². The highest BCUT2D eigenvalue weighted by Gasteiger charge is 2.54. The minimum absolute atomic E-state index is 0.180. The Morgan fingerprint density at radius 2 is 1.69 bits per heavy atom. The molecule has 0 unspecified atom stereocenters. The van der Waals surface area contributed by atoms with Gasteiger partial charge in [-0.1, -0.05) is 57.3 Å². The highest BCUT2D eigenvalue weighted by atomic mass is 16.6. The van der Waals surface area contributed by atoms with Crippen LogP contribution in [0.2, 0.25) is 0 Å². The van der Waals surface area contributed by atoms with Gasteiger partial charge in [0.15, 0.2) is 5.60 Å². The summed E-state index contributed by atoms with van der Waals surface area (Å²) in [5, 5.41) is 20.3. The van der Waals surface area contributed by atoms with Gasteiger partial charge in [0.05, 0.1) is 0 Å². The van der Waals surface area contributed by atoms with E-state index in [1.165, 1.54) is 38.5 Å². The highest BCUT2D eigenvalue weighted by molar-refractivity contribution is 5.88. The lowest BCUT2D eigenvalue weighted by molar-refractivity contribution is -0.188. The molecule has 0 aromatic rings. The van der Waals surface area contributed by atoms with Crippen LogP contribution in [0.4, 0.5) is 0 Å². The van der Waals surface area contributed by atoms with Crippen molar-refractivity contribution in [3.8, 4) is 0 Å². The van der Waals surface area contributed by atoms with Crippen LogP contribution < -0.4 is 0 Å². The third-order valence-electron chi connectivity index (χ3n) is 5.58. The lowest BCUT2D eigenvalue weighted by Gasteiger charge is -2.32. The SMILES string of the molecule is CCCCCCCC/C=C\CC/C=C/[C@H]1C[C@H]([C@@](O)(CCO)C(=O)OC(C)(C)C)C(=O)O1. The molecular formula is C26H44O6. The fraction of sp³-hybridized carbons (Fsp3) is 0.769. The monoisotopic (exact) mass is 452 g/mol. The standard InChI is InChI=1S/C26H44O6/c1-5-6-7-8-9-10-11-12-13-14-15-16-17-21-20-22(23(28)31-21)26(30,18-19-27)24(29)32-25(2,3)4/h12-13,16-17,21-22,27,30H,5-11,14-15,18-20H2,1-4H3/b13-12-,17-16+/t21-,22-,26-/m0/s1. The lowest BCUT2D eigenvalue weighted by atomic mass is 9.82. The molecular weight excluding hydrogens is 408 g/mol. The average molecular weight is 453 g/mol. The number of hydrogen-bond acceptors (Lipinski definition) is 6. The minimum atomic E-state index is -2.10. The van der Waals surface area contributed by atoms with Crippen molar-refractivity contribution < 1.29 is 29.3 Å². The molecule has 1 fully saturated rings. The molecule has 0 radical (unpaired) electrons. The van der Waals surface area contributed by atoms with Crippen molar-refractivity contribution in [2.75, 3.05) is 6.61 Å². The molecule has 0 aromatic heterocycles. The van der Waals surface area contributed by atoms with Crippen LogP contribution in [0.3, 0.4) is 0 Å². The molecule has 0 bridgehead atoms. The van der Waals surface area contributed by atoms with E-state index in [1.54, 1.807) is 20.8 Å². The fourth-order valence-electron chi connectivity index (χ4n) is 3.79. The van der Waals surface area contributed by atoms with E-state index in [-0.39, 0.29) is 12.8 Å². The Kier molecular flexibility index (Phi) is 12.8. The third-order valence-corrected chi connectivity index (χ3v) is 5.58. The summed E-state index contributed by atoms with van der Waals surface area (Å²) in [5.41, 5.74) is -2.91. The van der Waals surface area contributed by atoms with E-state index < -0.39 is 41.8 Å². The van der Waals surface area contributed by atoms with Crippen molar-refractivity contribution in [1.82, 2.24) is 0 Å². The minimum Gasteiger partial charge on any atom is -0.458 e. The number of ether oxygens (including phenoxy) is 2. The highest BCUT2D eigenvalue weighted by Crippen LogP contribution is 2.35. The summed E-state index contributed by atoms with van der Waals surface area (Å²) in [6.45, 7) is 6.85. The Bertz CT molecular complexity index is 618. The molecule has 0 aromatic carbocycles. The van der Waals surface area contributed by atoms with Crippen LogP contribution in [0, 0.1) is 5.92 Å². The van der Waals surface area contributed by atoms with Gasteiger partial charge in [0.1, 0.15) is 17.6 Å². The van der Waals surface area contributed by atoms with E-state index in [0.717, 1.165) is 19.3 Å². The van der Waals surface area contributed by atoms with Gasteiger partial charge < -0.3 is 19.7 Å². The molecule has 1 aliphatic rings. The molecule has 0 saturated carbocycles. The van der Waals surface area contributed by atoms with Crippen molar-refractivity contribution >= 4 is 11.9 Å². The Morgan fingerprint density at radius 1 is 1.06 bits per heavy atom. The molecule has 1 heterocycles. The zero-order valence-electron chi connectivity index (χ0n) is 20.5. The Morgan fingerprint density at radius 3 is 2.34 bits per heavy atom. The number of carbonyl (C=O) groups is 2. The third kappa shape index (κ3) is 10.3. The maximum Gasteiger partial charge on any atom is 0.339 e. The van der Waals surface area contributed by atoms with E-state index >= 15 is 0 Å². The van der Waals surface area contributed by atoms with Crippen molar-refractivity contribution in [3.05, 3.63) is 24.3 Å². The molecule has 1 rings (SSSR count). The fourth-order valence-corrected chi connectivity index (χ4v) is 3.79. The summed E-state index contributed by atoms with van der Waals surface area (Å²) in [7, 11) is 0. The second-order valence-corrected chi connectivity index (χ2v) is 9.70. The second-order valence-electron chi connectivity index (χ2n) is 9.70. The zero-order valence-corrected chi connectivity index (χ0v) is 20.5. The van der Waals surface area contributed by atoms with Crippen LogP contribution in [0.5, 0.6) is 0 Å². The molecule has 0 spiro atoms. The van der Waals surface area contributed by atoms with Gasteiger partial charge in [0, 0.05) is 19.4 Å². The summed E-state index contributed by atoms with van der Waals surface area (Å²) < 4.78 is 10.6. The number of aliphatic hydroxyl groups is 2. The first kappa shape index (κ1) is 28.4. The summed E-state index contributed by atoms with van der Waals surface area (Å²) >= 11 is 0. The predicted octanol–water partition coefficient (Wildman–Crippen LogP) is 5.02. The quantitative estimate of drug-likeness (QED) is 0.206. The van der Waals surface area contributed by atoms with Gasteiger partial charge in [-0.15, -0.1) is 0 Å². The van der Waals surface area contributed by atoms with E-state index in [0.29, 0.717) is 0 Å². The molecule has 3 atom stereocenters. The lowest BCUT2D eigenvalue weighted by Crippen LogP contribution is -2.51. The first-order valence-corrected chi connectivity index (χ1v) is 12.2. The maximum atomic E-state index is 12.6. The average Bonchev–Trinajstić information content (AvgIpc) is 3.08. The number of unbranched alkanes of at least 4 members (excludes halogenated alkanes) is 7. The van der Waals surface area contributed by atoms with Crippen LogP contribution in [0.15, 0.2) is 24.3 Å². The van der Waals surface area contributed by atoms with Gasteiger partial charge in [-0.2, -0.15) is 0 Å². The second kappa shape index (κ2) is 14.5. The van der Waals surface area contributed by atoms with E-state index in [9.17, 15) is 19.8 Å². The Hall–Kier alpha value is -1.66. The maximum absolute atomic E-state index is 12.6. The van der Waals surface area contributed by atoms with Crippen LogP contribution >= 0.6 is 0 Å². The molecule has 6 nitrogen and oxygen atoms in total. The van der Waals surface area contributed by atoms with E-state index in [4.69, 9.17) is 9.47 Å². The number of carbonyl (C=O) groups excluding carboxylic acids is 2. The molecule has 0 amide bonds. The zero-order chi connectivity index (χ0) is 24.0. The summed E-state index contributed by atoms with van der Waals surface area (Å²) in [5.74, 6) is -2.60. The first-order valence-electron chi connectivity index (χ1n) is 12.2. The van der Waals surface area contributed by atoms with E-state index in [2.05, 4.69) is 19.1 Å². The van der Waals surface area contributed by atoms with Crippen molar-refractivity contribution in [2.24, 2.45) is 5.92 Å². The molecule has 184 valence electrons. The van der Waals surface area contributed by atoms with Crippen LogP contribution in [0.1, 0.15) is 98.3 Å². The molecule has 32 heavy (non-hydrogen) atoms. The molecule has 1 saturated heterocycles. The number of aliphatic hydroxyl groups excluding tert-OH is 1.